The second-order valence-electron chi connectivity index (χ2n) is 6.66. The molecular formula is C24H18Cl2N2O2. The topological polar surface area (TPSA) is 68.4 Å². The summed E-state index contributed by atoms with van der Waals surface area (Å²) in [6, 6.07) is 22.1. The van der Waals surface area contributed by atoms with Crippen molar-refractivity contribution in [2.24, 2.45) is 0 Å². The van der Waals surface area contributed by atoms with E-state index in [1.165, 1.54) is 0 Å². The summed E-state index contributed by atoms with van der Waals surface area (Å²) in [6.45, 7) is 0.162. The summed E-state index contributed by atoms with van der Waals surface area (Å²) in [7, 11) is 0. The molecule has 6 heteroatoms. The first-order chi connectivity index (χ1) is 14.5. The summed E-state index contributed by atoms with van der Waals surface area (Å²) < 4.78 is 5.91. The van der Waals surface area contributed by atoms with Crippen LogP contribution in [0, 0.1) is 0 Å². The Labute approximate surface area is 184 Å². The lowest BCUT2D eigenvalue weighted by molar-refractivity contribution is 0.307. The van der Waals surface area contributed by atoms with Gasteiger partial charge in [-0.2, -0.15) is 0 Å². The summed E-state index contributed by atoms with van der Waals surface area (Å²) in [5.41, 5.74) is 10.0. The third-order valence-corrected chi connectivity index (χ3v) is 5.46. The number of rotatable bonds is 5. The normalized spacial score (nSPS) is 10.7. The molecule has 150 valence electrons. The van der Waals surface area contributed by atoms with E-state index in [1.54, 1.807) is 36.5 Å². The fourth-order valence-corrected chi connectivity index (χ4v) is 3.72. The van der Waals surface area contributed by atoms with E-state index in [2.05, 4.69) is 4.98 Å². The second-order valence-corrected chi connectivity index (χ2v) is 7.47. The highest BCUT2D eigenvalue weighted by molar-refractivity contribution is 6.35. The van der Waals surface area contributed by atoms with Crippen LogP contribution in [0.5, 0.6) is 11.5 Å². The number of halogens is 2. The third kappa shape index (κ3) is 4.06. The van der Waals surface area contributed by atoms with Crippen molar-refractivity contribution in [3.05, 3.63) is 94.6 Å². The molecule has 0 radical (unpaired) electrons. The number of phenolic OH excluding ortho intramolecular Hbond substituents is 1. The van der Waals surface area contributed by atoms with E-state index in [0.29, 0.717) is 21.4 Å². The SMILES string of the molecule is Nc1ncc(-c2ccccc2-c2ccccc2O)cc1OCc1c(Cl)cccc1Cl. The molecule has 1 heterocycles. The number of benzene rings is 3. The molecule has 4 aromatic rings. The summed E-state index contributed by atoms with van der Waals surface area (Å²) >= 11 is 12.5. The molecule has 3 aromatic carbocycles. The van der Waals surface area contributed by atoms with Crippen LogP contribution < -0.4 is 10.5 Å². The standard InChI is InChI=1S/C24H18Cl2N2O2/c25-20-9-5-10-21(26)19(20)14-30-23-12-15(13-28-24(23)27)16-6-1-2-7-17(16)18-8-3-4-11-22(18)29/h1-13,29H,14H2,(H2,27,28). The minimum Gasteiger partial charge on any atom is -0.507 e. The molecule has 0 amide bonds. The first-order valence-electron chi connectivity index (χ1n) is 9.23. The number of pyridine rings is 1. The van der Waals surface area contributed by atoms with E-state index in [1.807, 2.05) is 42.5 Å². The van der Waals surface area contributed by atoms with E-state index >= 15 is 0 Å². The molecule has 1 aromatic heterocycles. The average molecular weight is 437 g/mol. The first kappa shape index (κ1) is 20.1. The van der Waals surface area contributed by atoms with Crippen molar-refractivity contribution in [1.29, 1.82) is 0 Å². The predicted molar refractivity (Wildman–Crippen MR) is 122 cm³/mol. The highest BCUT2D eigenvalue weighted by Gasteiger charge is 2.14. The van der Waals surface area contributed by atoms with E-state index in [9.17, 15) is 5.11 Å². The van der Waals surface area contributed by atoms with Crippen molar-refractivity contribution in [2.45, 2.75) is 6.61 Å². The molecule has 30 heavy (non-hydrogen) atoms. The van der Waals surface area contributed by atoms with Crippen molar-refractivity contribution < 1.29 is 9.84 Å². The number of para-hydroxylation sites is 1. The largest absolute Gasteiger partial charge is 0.507 e. The molecular weight excluding hydrogens is 419 g/mol. The van der Waals surface area contributed by atoms with Gasteiger partial charge in [-0.25, -0.2) is 4.98 Å². The number of aromatic hydroxyl groups is 1. The van der Waals surface area contributed by atoms with Crippen molar-refractivity contribution in [3.8, 4) is 33.8 Å². The molecule has 3 N–H and O–H groups in total. The lowest BCUT2D eigenvalue weighted by atomic mass is 9.95. The van der Waals surface area contributed by atoms with Crippen molar-refractivity contribution in [3.63, 3.8) is 0 Å². The van der Waals surface area contributed by atoms with Gasteiger partial charge in [-0.15, -0.1) is 0 Å². The molecule has 0 bridgehead atoms. The monoisotopic (exact) mass is 436 g/mol. The minimum absolute atomic E-state index is 0.162. The highest BCUT2D eigenvalue weighted by Crippen LogP contribution is 2.38. The summed E-state index contributed by atoms with van der Waals surface area (Å²) in [5, 5.41) is 11.4. The van der Waals surface area contributed by atoms with Gasteiger partial charge < -0.3 is 15.6 Å². The summed E-state index contributed by atoms with van der Waals surface area (Å²) in [4.78, 5) is 4.29. The van der Waals surface area contributed by atoms with E-state index in [-0.39, 0.29) is 18.2 Å². The molecule has 0 unspecified atom stereocenters. The molecule has 4 rings (SSSR count). The minimum atomic E-state index is 0.162. The Morgan fingerprint density at radius 1 is 0.833 bits per heavy atom. The molecule has 0 fully saturated rings. The number of hydrogen-bond acceptors (Lipinski definition) is 4. The number of nitrogens with zero attached hydrogens (tertiary/aromatic N) is 1. The summed E-state index contributed by atoms with van der Waals surface area (Å²) in [6.07, 6.45) is 1.68. The van der Waals surface area contributed by atoms with Gasteiger partial charge >= 0.3 is 0 Å². The third-order valence-electron chi connectivity index (χ3n) is 4.75. The molecule has 0 aliphatic rings. The first-order valence-corrected chi connectivity index (χ1v) is 9.99. The molecule has 4 nitrogen and oxygen atoms in total. The maximum Gasteiger partial charge on any atom is 0.166 e. The van der Waals surface area contributed by atoms with Crippen LogP contribution in [0.1, 0.15) is 5.56 Å². The van der Waals surface area contributed by atoms with Gasteiger partial charge in [-0.3, -0.25) is 0 Å². The second kappa shape index (κ2) is 8.66. The number of anilines is 1. The zero-order valence-electron chi connectivity index (χ0n) is 15.8. The molecule has 0 atom stereocenters. The van der Waals surface area contributed by atoms with Crippen LogP contribution in [0.2, 0.25) is 10.0 Å². The maximum atomic E-state index is 10.3. The smallest absolute Gasteiger partial charge is 0.166 e. The zero-order valence-corrected chi connectivity index (χ0v) is 17.4. The quantitative estimate of drug-likeness (QED) is 0.370. The molecule has 0 saturated heterocycles. The van der Waals surface area contributed by atoms with Crippen molar-refractivity contribution in [1.82, 2.24) is 4.98 Å². The average Bonchev–Trinajstić information content (AvgIpc) is 2.75. The van der Waals surface area contributed by atoms with Gasteiger partial charge in [0.2, 0.25) is 0 Å². The van der Waals surface area contributed by atoms with E-state index in [4.69, 9.17) is 33.7 Å². The number of hydrogen-bond donors (Lipinski definition) is 2. The van der Waals surface area contributed by atoms with Gasteiger partial charge in [0.1, 0.15) is 12.4 Å². The number of ether oxygens (including phenoxy) is 1. The van der Waals surface area contributed by atoms with Gasteiger partial charge in [0.15, 0.2) is 11.6 Å². The van der Waals surface area contributed by atoms with Crippen LogP contribution >= 0.6 is 23.2 Å². The fraction of sp³-hybridized carbons (Fsp3) is 0.0417. The van der Waals surface area contributed by atoms with Crippen molar-refractivity contribution >= 4 is 29.0 Å². The highest BCUT2D eigenvalue weighted by atomic mass is 35.5. The van der Waals surface area contributed by atoms with E-state index < -0.39 is 0 Å². The van der Waals surface area contributed by atoms with Crippen LogP contribution in [0.3, 0.4) is 0 Å². The van der Waals surface area contributed by atoms with Crippen molar-refractivity contribution in [2.75, 3.05) is 5.73 Å². The Balaban J connectivity index is 1.70. The number of nitrogen functional groups attached to an aromatic ring is 1. The van der Waals surface area contributed by atoms with Crippen LogP contribution in [-0.4, -0.2) is 10.1 Å². The molecule has 0 saturated carbocycles. The Morgan fingerprint density at radius 3 is 2.17 bits per heavy atom. The fourth-order valence-electron chi connectivity index (χ4n) is 3.21. The molecule has 0 spiro atoms. The van der Waals surface area contributed by atoms with Gasteiger partial charge in [0, 0.05) is 32.9 Å². The molecule has 0 aliphatic carbocycles. The summed E-state index contributed by atoms with van der Waals surface area (Å²) in [5.74, 6) is 0.899. The van der Waals surface area contributed by atoms with Gasteiger partial charge in [0.05, 0.1) is 0 Å². The Hall–Kier alpha value is -3.21. The van der Waals surface area contributed by atoms with Crippen LogP contribution in [-0.2, 0) is 6.61 Å². The number of phenols is 1. The lowest BCUT2D eigenvalue weighted by Crippen LogP contribution is -2.02. The van der Waals surface area contributed by atoms with Crippen LogP contribution in [0.25, 0.3) is 22.3 Å². The van der Waals surface area contributed by atoms with Crippen LogP contribution in [0.4, 0.5) is 5.82 Å². The van der Waals surface area contributed by atoms with E-state index in [0.717, 1.165) is 22.3 Å². The lowest BCUT2D eigenvalue weighted by Gasteiger charge is -2.14. The zero-order chi connectivity index (χ0) is 21.1. The maximum absolute atomic E-state index is 10.3. The number of nitrogens with two attached hydrogens (primary N) is 1. The van der Waals surface area contributed by atoms with Gasteiger partial charge in [0.25, 0.3) is 0 Å². The van der Waals surface area contributed by atoms with Crippen LogP contribution in [0.15, 0.2) is 79.0 Å². The predicted octanol–water partition coefficient (Wildman–Crippen LogP) is 6.59. The Kier molecular flexibility index (Phi) is 5.79. The number of aromatic nitrogens is 1. The molecule has 0 aliphatic heterocycles. The Morgan fingerprint density at radius 2 is 1.47 bits per heavy atom. The van der Waals surface area contributed by atoms with Gasteiger partial charge in [-0.05, 0) is 35.4 Å². The van der Waals surface area contributed by atoms with Gasteiger partial charge in [-0.1, -0.05) is 71.7 Å². The Bertz CT molecular complexity index is 1190.